The molecule has 0 saturated heterocycles. The number of hydrogen-bond donors (Lipinski definition) is 1. The number of thiazole rings is 1. The summed E-state index contributed by atoms with van der Waals surface area (Å²) < 4.78 is 7.56. The van der Waals surface area contributed by atoms with Gasteiger partial charge in [-0.2, -0.15) is 0 Å². The molecule has 3 aromatic rings. The summed E-state index contributed by atoms with van der Waals surface area (Å²) in [6.07, 6.45) is 5.88. The molecule has 4 rings (SSSR count). The molecule has 0 fully saturated rings. The van der Waals surface area contributed by atoms with Crippen molar-refractivity contribution in [2.24, 2.45) is 0 Å². The number of benzene rings is 1. The zero-order valence-electron chi connectivity index (χ0n) is 12.8. The van der Waals surface area contributed by atoms with Gasteiger partial charge in [0.15, 0.2) is 4.96 Å². The Kier molecular flexibility index (Phi) is 3.53. The summed E-state index contributed by atoms with van der Waals surface area (Å²) in [5.74, 6) is 0.817. The first kappa shape index (κ1) is 14.3. The van der Waals surface area contributed by atoms with E-state index in [2.05, 4.69) is 10.3 Å². The average molecular weight is 327 g/mol. The highest BCUT2D eigenvalue weighted by Crippen LogP contribution is 2.26. The SMILES string of the molecule is C[C@H](NC(=O)c1ccc2c(c1)CCCO2)c1cn2ccsc2n1. The monoisotopic (exact) mass is 327 g/mol. The van der Waals surface area contributed by atoms with Gasteiger partial charge in [-0.1, -0.05) is 0 Å². The van der Waals surface area contributed by atoms with Crippen molar-refractivity contribution < 1.29 is 9.53 Å². The maximum Gasteiger partial charge on any atom is 0.251 e. The Labute approximate surface area is 137 Å². The van der Waals surface area contributed by atoms with E-state index < -0.39 is 0 Å². The molecular formula is C17H17N3O2S. The molecule has 1 aliphatic rings. The van der Waals surface area contributed by atoms with Gasteiger partial charge in [0.05, 0.1) is 18.3 Å². The molecule has 1 N–H and O–H groups in total. The zero-order valence-corrected chi connectivity index (χ0v) is 13.6. The number of imidazole rings is 1. The van der Waals surface area contributed by atoms with Crippen molar-refractivity contribution in [2.45, 2.75) is 25.8 Å². The predicted octanol–water partition coefficient (Wildman–Crippen LogP) is 3.21. The van der Waals surface area contributed by atoms with Gasteiger partial charge in [-0.05, 0) is 43.5 Å². The molecular weight excluding hydrogens is 310 g/mol. The molecule has 1 aliphatic heterocycles. The van der Waals surface area contributed by atoms with Gasteiger partial charge < -0.3 is 10.1 Å². The predicted molar refractivity (Wildman–Crippen MR) is 89.2 cm³/mol. The summed E-state index contributed by atoms with van der Waals surface area (Å²) >= 11 is 1.58. The molecule has 3 heterocycles. The lowest BCUT2D eigenvalue weighted by Crippen LogP contribution is -2.27. The number of fused-ring (bicyclic) bond motifs is 2. The number of aromatic nitrogens is 2. The van der Waals surface area contributed by atoms with Crippen molar-refractivity contribution in [1.82, 2.24) is 14.7 Å². The minimum absolute atomic E-state index is 0.0813. The van der Waals surface area contributed by atoms with Crippen molar-refractivity contribution in [3.63, 3.8) is 0 Å². The van der Waals surface area contributed by atoms with Gasteiger partial charge in [0.25, 0.3) is 5.91 Å². The van der Waals surface area contributed by atoms with Crippen LogP contribution >= 0.6 is 11.3 Å². The van der Waals surface area contributed by atoms with Crippen molar-refractivity contribution in [3.05, 3.63) is 52.8 Å². The summed E-state index contributed by atoms with van der Waals surface area (Å²) in [7, 11) is 0. The van der Waals surface area contributed by atoms with Gasteiger partial charge >= 0.3 is 0 Å². The largest absolute Gasteiger partial charge is 0.493 e. The van der Waals surface area contributed by atoms with Gasteiger partial charge in [-0.15, -0.1) is 11.3 Å². The van der Waals surface area contributed by atoms with E-state index in [4.69, 9.17) is 4.74 Å². The normalized spacial score (nSPS) is 15.0. The number of ether oxygens (including phenoxy) is 1. The van der Waals surface area contributed by atoms with Gasteiger partial charge in [0, 0.05) is 23.3 Å². The fourth-order valence-corrected chi connectivity index (χ4v) is 3.52. The molecule has 5 nitrogen and oxygen atoms in total. The molecule has 118 valence electrons. The molecule has 0 spiro atoms. The molecule has 0 radical (unpaired) electrons. The van der Waals surface area contributed by atoms with Crippen LogP contribution in [0.3, 0.4) is 0 Å². The van der Waals surface area contributed by atoms with Crippen LogP contribution in [-0.4, -0.2) is 21.9 Å². The van der Waals surface area contributed by atoms with E-state index >= 15 is 0 Å². The lowest BCUT2D eigenvalue weighted by molar-refractivity contribution is 0.0939. The van der Waals surface area contributed by atoms with Crippen LogP contribution in [-0.2, 0) is 6.42 Å². The second-order valence-corrected chi connectivity index (χ2v) is 6.60. The third-order valence-corrected chi connectivity index (χ3v) is 4.84. The maximum absolute atomic E-state index is 12.5. The van der Waals surface area contributed by atoms with Crippen molar-refractivity contribution in [2.75, 3.05) is 6.61 Å². The second kappa shape index (κ2) is 5.70. The first-order chi connectivity index (χ1) is 11.2. The van der Waals surface area contributed by atoms with E-state index in [-0.39, 0.29) is 11.9 Å². The summed E-state index contributed by atoms with van der Waals surface area (Å²) in [5.41, 5.74) is 2.65. The van der Waals surface area contributed by atoms with Crippen LogP contribution in [0.1, 0.15) is 41.0 Å². The highest BCUT2D eigenvalue weighted by molar-refractivity contribution is 7.15. The number of hydrogen-bond acceptors (Lipinski definition) is 4. The lowest BCUT2D eigenvalue weighted by Gasteiger charge is -2.18. The van der Waals surface area contributed by atoms with Crippen molar-refractivity contribution in [1.29, 1.82) is 0 Å². The van der Waals surface area contributed by atoms with Gasteiger partial charge in [-0.3, -0.25) is 9.20 Å². The van der Waals surface area contributed by atoms with E-state index in [1.807, 2.05) is 47.3 Å². The number of nitrogens with zero attached hydrogens (tertiary/aromatic N) is 2. The fraction of sp³-hybridized carbons (Fsp3) is 0.294. The Morgan fingerprint density at radius 2 is 2.39 bits per heavy atom. The van der Waals surface area contributed by atoms with Gasteiger partial charge in [0.1, 0.15) is 5.75 Å². The minimum Gasteiger partial charge on any atom is -0.493 e. The Balaban J connectivity index is 1.51. The minimum atomic E-state index is -0.137. The molecule has 23 heavy (non-hydrogen) atoms. The fourth-order valence-electron chi connectivity index (χ4n) is 2.81. The summed E-state index contributed by atoms with van der Waals surface area (Å²) in [6, 6.07) is 5.50. The second-order valence-electron chi connectivity index (χ2n) is 5.73. The standard InChI is InChI=1S/C17H17N3O2S/c1-11(14-10-20-6-8-23-17(20)19-14)18-16(21)13-4-5-15-12(9-13)3-2-7-22-15/h4-6,8-11H,2-3,7H2,1H3,(H,18,21)/t11-/m0/s1. The van der Waals surface area contributed by atoms with Crippen LogP contribution in [0.5, 0.6) is 5.75 Å². The quantitative estimate of drug-likeness (QED) is 0.803. The number of amides is 1. The highest BCUT2D eigenvalue weighted by Gasteiger charge is 2.17. The van der Waals surface area contributed by atoms with E-state index in [1.54, 1.807) is 11.3 Å². The number of carbonyl (C=O) groups is 1. The number of nitrogens with one attached hydrogen (secondary N) is 1. The zero-order chi connectivity index (χ0) is 15.8. The third kappa shape index (κ3) is 2.70. The van der Waals surface area contributed by atoms with Crippen LogP contribution in [0.2, 0.25) is 0 Å². The molecule has 1 aromatic carbocycles. The van der Waals surface area contributed by atoms with Crippen LogP contribution in [0.4, 0.5) is 0 Å². The summed E-state index contributed by atoms with van der Waals surface area (Å²) in [5, 5.41) is 5.01. The van der Waals surface area contributed by atoms with Crippen LogP contribution in [0.25, 0.3) is 4.96 Å². The Morgan fingerprint density at radius 1 is 1.48 bits per heavy atom. The molecule has 0 aliphatic carbocycles. The van der Waals surface area contributed by atoms with E-state index in [9.17, 15) is 4.79 Å². The summed E-state index contributed by atoms with van der Waals surface area (Å²) in [6.45, 7) is 2.71. The topological polar surface area (TPSA) is 55.6 Å². The van der Waals surface area contributed by atoms with Crippen LogP contribution in [0, 0.1) is 0 Å². The summed E-state index contributed by atoms with van der Waals surface area (Å²) in [4.78, 5) is 18.0. The van der Waals surface area contributed by atoms with E-state index in [0.717, 1.165) is 41.4 Å². The smallest absolute Gasteiger partial charge is 0.251 e. The van der Waals surface area contributed by atoms with Gasteiger partial charge in [-0.25, -0.2) is 4.98 Å². The van der Waals surface area contributed by atoms with E-state index in [0.29, 0.717) is 5.56 Å². The Hall–Kier alpha value is -2.34. The highest BCUT2D eigenvalue weighted by atomic mass is 32.1. The molecule has 1 amide bonds. The number of carbonyl (C=O) groups excluding carboxylic acids is 1. The van der Waals surface area contributed by atoms with Crippen LogP contribution in [0.15, 0.2) is 36.0 Å². The lowest BCUT2D eigenvalue weighted by atomic mass is 10.0. The first-order valence-electron chi connectivity index (χ1n) is 7.69. The molecule has 2 aromatic heterocycles. The Morgan fingerprint density at radius 3 is 3.26 bits per heavy atom. The molecule has 1 atom stereocenters. The van der Waals surface area contributed by atoms with E-state index in [1.165, 1.54) is 0 Å². The van der Waals surface area contributed by atoms with Crippen LogP contribution < -0.4 is 10.1 Å². The molecule has 0 bridgehead atoms. The Bertz CT molecular complexity index is 839. The molecule has 0 saturated carbocycles. The van der Waals surface area contributed by atoms with Crippen molar-refractivity contribution in [3.8, 4) is 5.75 Å². The van der Waals surface area contributed by atoms with Gasteiger partial charge in [0.2, 0.25) is 0 Å². The van der Waals surface area contributed by atoms with Crippen molar-refractivity contribution >= 4 is 22.2 Å². The average Bonchev–Trinajstić information content (AvgIpc) is 3.16. The number of rotatable bonds is 3. The molecule has 0 unspecified atom stereocenters. The molecule has 6 heteroatoms. The third-order valence-electron chi connectivity index (χ3n) is 4.07. The maximum atomic E-state index is 12.5. The number of aryl methyl sites for hydroxylation is 1. The first-order valence-corrected chi connectivity index (χ1v) is 8.57.